The van der Waals surface area contributed by atoms with Crippen LogP contribution < -0.4 is 5.73 Å². The number of carbonyl (C=O) groups is 1. The molecule has 0 heterocycles. The first-order valence-corrected chi connectivity index (χ1v) is 6.68. The summed E-state index contributed by atoms with van der Waals surface area (Å²) in [6.45, 7) is 15.2. The van der Waals surface area contributed by atoms with E-state index < -0.39 is 5.60 Å². The zero-order valence-corrected chi connectivity index (χ0v) is 13.0. The Balaban J connectivity index is 4.54. The quantitative estimate of drug-likeness (QED) is 0.824. The summed E-state index contributed by atoms with van der Waals surface area (Å²) < 4.78 is 5.42. The summed E-state index contributed by atoms with van der Waals surface area (Å²) in [5.74, 6) is 0. The minimum absolute atomic E-state index is 0.0507. The second-order valence-corrected chi connectivity index (χ2v) is 6.89. The fraction of sp³-hybridized carbons (Fsp3) is 0.929. The van der Waals surface area contributed by atoms with E-state index >= 15 is 0 Å². The van der Waals surface area contributed by atoms with Gasteiger partial charge in [-0.25, -0.2) is 4.79 Å². The Kier molecular flexibility index (Phi) is 6.14. The number of carbonyl (C=O) groups excluding carboxylic acids is 1. The number of hydrogen-bond donors (Lipinski definition) is 1. The molecular formula is C14H30N2O2. The molecule has 0 aliphatic carbocycles. The zero-order valence-electron chi connectivity index (χ0n) is 13.0. The van der Waals surface area contributed by atoms with Crippen LogP contribution in [0.25, 0.3) is 0 Å². The predicted octanol–water partition coefficient (Wildman–Crippen LogP) is 3.01. The number of rotatable bonds is 5. The van der Waals surface area contributed by atoms with Crippen LogP contribution in [0.2, 0.25) is 0 Å². The molecule has 0 unspecified atom stereocenters. The first-order chi connectivity index (χ1) is 7.98. The third kappa shape index (κ3) is 6.84. The highest BCUT2D eigenvalue weighted by Crippen LogP contribution is 2.20. The molecule has 4 nitrogen and oxygen atoms in total. The molecule has 0 aromatic carbocycles. The van der Waals surface area contributed by atoms with Crippen LogP contribution in [0.3, 0.4) is 0 Å². The molecule has 0 saturated carbocycles. The lowest BCUT2D eigenvalue weighted by atomic mass is 9.89. The van der Waals surface area contributed by atoms with Gasteiger partial charge in [-0.1, -0.05) is 13.8 Å². The third-order valence-corrected chi connectivity index (χ3v) is 2.83. The van der Waals surface area contributed by atoms with Crippen molar-refractivity contribution < 1.29 is 9.53 Å². The monoisotopic (exact) mass is 258 g/mol. The number of amides is 1. The van der Waals surface area contributed by atoms with Gasteiger partial charge in [0.05, 0.1) is 0 Å². The van der Waals surface area contributed by atoms with Crippen LogP contribution in [-0.2, 0) is 4.74 Å². The maximum Gasteiger partial charge on any atom is 0.410 e. The highest BCUT2D eigenvalue weighted by molar-refractivity contribution is 5.68. The molecule has 0 saturated heterocycles. The summed E-state index contributed by atoms with van der Waals surface area (Å²) in [5, 5.41) is 0. The standard InChI is InChI=1S/C14H30N2O2/c1-11(2)16(9-8-14(6,7)10-15)12(17)18-13(3,4)5/h11H,8-10,15H2,1-7H3. The highest BCUT2D eigenvalue weighted by atomic mass is 16.6. The van der Waals surface area contributed by atoms with Crippen molar-refractivity contribution in [1.82, 2.24) is 4.90 Å². The van der Waals surface area contributed by atoms with Gasteiger partial charge in [-0.2, -0.15) is 0 Å². The van der Waals surface area contributed by atoms with E-state index in [1.807, 2.05) is 34.6 Å². The Morgan fingerprint density at radius 3 is 2.06 bits per heavy atom. The summed E-state index contributed by atoms with van der Waals surface area (Å²) in [7, 11) is 0. The van der Waals surface area contributed by atoms with E-state index in [2.05, 4.69) is 13.8 Å². The van der Waals surface area contributed by atoms with Crippen LogP contribution in [-0.4, -0.2) is 35.7 Å². The Hall–Kier alpha value is -0.770. The Labute approximate surface area is 112 Å². The molecule has 0 radical (unpaired) electrons. The van der Waals surface area contributed by atoms with E-state index in [0.29, 0.717) is 13.1 Å². The van der Waals surface area contributed by atoms with Crippen molar-refractivity contribution >= 4 is 6.09 Å². The largest absolute Gasteiger partial charge is 0.444 e. The van der Waals surface area contributed by atoms with Gasteiger partial charge in [0.2, 0.25) is 0 Å². The molecule has 0 rings (SSSR count). The average molecular weight is 258 g/mol. The van der Waals surface area contributed by atoms with Crippen LogP contribution in [0.4, 0.5) is 4.79 Å². The molecule has 2 N–H and O–H groups in total. The smallest absolute Gasteiger partial charge is 0.410 e. The number of hydrogen-bond acceptors (Lipinski definition) is 3. The van der Waals surface area contributed by atoms with Gasteiger partial charge in [0.1, 0.15) is 5.60 Å². The highest BCUT2D eigenvalue weighted by Gasteiger charge is 2.26. The van der Waals surface area contributed by atoms with Gasteiger partial charge in [0.25, 0.3) is 0 Å². The summed E-state index contributed by atoms with van der Waals surface area (Å²) in [4.78, 5) is 13.8. The molecule has 0 aromatic heterocycles. The molecule has 108 valence electrons. The lowest BCUT2D eigenvalue weighted by molar-refractivity contribution is 0.0169. The molecule has 0 aliphatic rings. The topological polar surface area (TPSA) is 55.6 Å². The third-order valence-electron chi connectivity index (χ3n) is 2.83. The van der Waals surface area contributed by atoms with Crippen molar-refractivity contribution in [3.8, 4) is 0 Å². The van der Waals surface area contributed by atoms with Crippen molar-refractivity contribution in [3.05, 3.63) is 0 Å². The van der Waals surface area contributed by atoms with E-state index in [-0.39, 0.29) is 17.6 Å². The number of nitrogens with zero attached hydrogens (tertiary/aromatic N) is 1. The van der Waals surface area contributed by atoms with Crippen LogP contribution in [0.1, 0.15) is 54.9 Å². The molecule has 0 spiro atoms. The van der Waals surface area contributed by atoms with Crippen molar-refractivity contribution in [2.24, 2.45) is 11.1 Å². The SMILES string of the molecule is CC(C)N(CCC(C)(C)CN)C(=O)OC(C)(C)C. The number of ether oxygens (including phenoxy) is 1. The van der Waals surface area contributed by atoms with Crippen LogP contribution in [0.5, 0.6) is 0 Å². The zero-order chi connectivity index (χ0) is 14.6. The Morgan fingerprint density at radius 1 is 1.22 bits per heavy atom. The summed E-state index contributed by atoms with van der Waals surface area (Å²) in [5.41, 5.74) is 5.31. The van der Waals surface area contributed by atoms with Crippen LogP contribution >= 0.6 is 0 Å². The first kappa shape index (κ1) is 17.2. The maximum atomic E-state index is 12.1. The molecule has 0 aliphatic heterocycles. The van der Waals surface area contributed by atoms with Crippen molar-refractivity contribution in [1.29, 1.82) is 0 Å². The van der Waals surface area contributed by atoms with E-state index in [0.717, 1.165) is 6.42 Å². The minimum Gasteiger partial charge on any atom is -0.444 e. The van der Waals surface area contributed by atoms with Gasteiger partial charge in [0.15, 0.2) is 0 Å². The van der Waals surface area contributed by atoms with Gasteiger partial charge in [-0.3, -0.25) is 0 Å². The van der Waals surface area contributed by atoms with Crippen LogP contribution in [0.15, 0.2) is 0 Å². The molecule has 4 heteroatoms. The van der Waals surface area contributed by atoms with Gasteiger partial charge < -0.3 is 15.4 Å². The Morgan fingerprint density at radius 2 is 1.72 bits per heavy atom. The molecule has 0 fully saturated rings. The van der Waals surface area contributed by atoms with E-state index in [1.165, 1.54) is 0 Å². The van der Waals surface area contributed by atoms with Gasteiger partial charge in [0, 0.05) is 12.6 Å². The molecular weight excluding hydrogens is 228 g/mol. The lowest BCUT2D eigenvalue weighted by Crippen LogP contribution is -2.43. The summed E-state index contributed by atoms with van der Waals surface area (Å²) in [6.07, 6.45) is 0.631. The molecule has 0 aromatic rings. The second-order valence-electron chi connectivity index (χ2n) is 6.89. The maximum absolute atomic E-state index is 12.1. The molecule has 0 atom stereocenters. The molecule has 1 amide bonds. The fourth-order valence-corrected chi connectivity index (χ4v) is 1.41. The van der Waals surface area contributed by atoms with Gasteiger partial charge >= 0.3 is 6.09 Å². The van der Waals surface area contributed by atoms with E-state index in [4.69, 9.17) is 10.5 Å². The van der Waals surface area contributed by atoms with E-state index in [9.17, 15) is 4.79 Å². The van der Waals surface area contributed by atoms with Crippen molar-refractivity contribution in [3.63, 3.8) is 0 Å². The average Bonchev–Trinajstić information content (AvgIpc) is 2.14. The second kappa shape index (κ2) is 6.41. The minimum atomic E-state index is -0.451. The van der Waals surface area contributed by atoms with Crippen molar-refractivity contribution in [2.75, 3.05) is 13.1 Å². The van der Waals surface area contributed by atoms with Gasteiger partial charge in [-0.05, 0) is 53.0 Å². The lowest BCUT2D eigenvalue weighted by Gasteiger charge is -2.32. The van der Waals surface area contributed by atoms with Gasteiger partial charge in [-0.15, -0.1) is 0 Å². The summed E-state index contributed by atoms with van der Waals surface area (Å²) in [6, 6.07) is 0.133. The number of nitrogens with two attached hydrogens (primary N) is 1. The summed E-state index contributed by atoms with van der Waals surface area (Å²) >= 11 is 0. The molecule has 0 bridgehead atoms. The predicted molar refractivity (Wildman–Crippen MR) is 75.5 cm³/mol. The van der Waals surface area contributed by atoms with Crippen LogP contribution in [0, 0.1) is 5.41 Å². The van der Waals surface area contributed by atoms with Crippen molar-refractivity contribution in [2.45, 2.75) is 66.5 Å². The molecule has 18 heavy (non-hydrogen) atoms. The fourth-order valence-electron chi connectivity index (χ4n) is 1.41. The first-order valence-electron chi connectivity index (χ1n) is 6.68. The normalized spacial score (nSPS) is 12.7. The van der Waals surface area contributed by atoms with E-state index in [1.54, 1.807) is 4.90 Å². The Bertz CT molecular complexity index is 267.